The highest BCUT2D eigenvalue weighted by atomic mass is 19.1. The molecule has 0 aliphatic carbocycles. The molecule has 6 heteroatoms. The van der Waals surface area contributed by atoms with Gasteiger partial charge in [-0.25, -0.2) is 8.78 Å². The summed E-state index contributed by atoms with van der Waals surface area (Å²) < 4.78 is 27.5. The Labute approximate surface area is 137 Å². The topological polar surface area (TPSA) is 53.2 Å². The second kappa shape index (κ2) is 6.39. The first kappa shape index (κ1) is 16.1. The van der Waals surface area contributed by atoms with Crippen molar-refractivity contribution in [3.8, 4) is 0 Å². The lowest BCUT2D eigenvalue weighted by molar-refractivity contribution is -0.130. The van der Waals surface area contributed by atoms with Gasteiger partial charge in [-0.3, -0.25) is 9.59 Å². The molecule has 0 radical (unpaired) electrons. The molecule has 2 heterocycles. The first-order valence-corrected chi connectivity index (χ1v) is 7.57. The number of aromatic nitrogens is 1. The molecule has 1 aliphatic heterocycles. The minimum Gasteiger partial charge on any atom is -0.332 e. The molecule has 1 aromatic carbocycles. The lowest BCUT2D eigenvalue weighted by atomic mass is 9.92. The average Bonchev–Trinajstić information content (AvgIpc) is 2.56. The van der Waals surface area contributed by atoms with Crippen LogP contribution in [0, 0.1) is 11.6 Å². The molecule has 1 amide bonds. The van der Waals surface area contributed by atoms with Gasteiger partial charge < -0.3 is 9.88 Å². The molecule has 1 aliphatic rings. The molecule has 0 fully saturated rings. The average molecular weight is 330 g/mol. The molecule has 3 rings (SSSR count). The maximum absolute atomic E-state index is 14.1. The zero-order valence-corrected chi connectivity index (χ0v) is 13.1. The van der Waals surface area contributed by atoms with Gasteiger partial charge in [-0.2, -0.15) is 0 Å². The number of carbonyl (C=O) groups excluding carboxylic acids is 1. The first-order chi connectivity index (χ1) is 11.5. The highest BCUT2D eigenvalue weighted by Crippen LogP contribution is 2.34. The summed E-state index contributed by atoms with van der Waals surface area (Å²) in [5, 5.41) is 0. The Morgan fingerprint density at radius 1 is 1.25 bits per heavy atom. The Morgan fingerprint density at radius 2 is 2.04 bits per heavy atom. The Kier molecular flexibility index (Phi) is 4.29. The van der Waals surface area contributed by atoms with E-state index in [2.05, 4.69) is 4.98 Å². The molecule has 0 bridgehead atoms. The van der Waals surface area contributed by atoms with Gasteiger partial charge >= 0.3 is 0 Å². The molecule has 0 spiro atoms. The standard InChI is InChI=1S/C18H16F2N2O2/c1-11(23)22-7-5-12(15-10-14(19)2-3-16(15)20)8-17(22)13-4-6-21-18(24)9-13/h2-4,6,8-10,17H,5,7H2,1H3,(H,21,24). The van der Waals surface area contributed by atoms with E-state index in [9.17, 15) is 18.4 Å². The van der Waals surface area contributed by atoms with E-state index >= 15 is 0 Å². The summed E-state index contributed by atoms with van der Waals surface area (Å²) >= 11 is 0. The van der Waals surface area contributed by atoms with Crippen molar-refractivity contribution >= 4 is 11.5 Å². The number of hydrogen-bond donors (Lipinski definition) is 1. The molecule has 0 saturated heterocycles. The number of carbonyl (C=O) groups is 1. The van der Waals surface area contributed by atoms with Crippen molar-refractivity contribution in [3.05, 3.63) is 75.7 Å². The third-order valence-electron chi connectivity index (χ3n) is 4.14. The normalized spacial score (nSPS) is 17.5. The van der Waals surface area contributed by atoms with Crippen LogP contribution >= 0.6 is 0 Å². The molecule has 1 atom stereocenters. The lowest BCUT2D eigenvalue weighted by Gasteiger charge is -2.34. The second-order valence-corrected chi connectivity index (χ2v) is 5.71. The van der Waals surface area contributed by atoms with Gasteiger partial charge in [-0.15, -0.1) is 0 Å². The molecule has 1 aromatic heterocycles. The molecular formula is C18H16F2N2O2. The van der Waals surface area contributed by atoms with Crippen molar-refractivity contribution in [2.45, 2.75) is 19.4 Å². The predicted octanol–water partition coefficient (Wildman–Crippen LogP) is 3.03. The Hall–Kier alpha value is -2.76. The number of amides is 1. The van der Waals surface area contributed by atoms with Gasteiger partial charge in [-0.1, -0.05) is 6.08 Å². The Balaban J connectivity index is 2.09. The summed E-state index contributed by atoms with van der Waals surface area (Å²) in [6, 6.07) is 5.92. The van der Waals surface area contributed by atoms with Crippen molar-refractivity contribution < 1.29 is 13.6 Å². The van der Waals surface area contributed by atoms with E-state index < -0.39 is 17.7 Å². The maximum atomic E-state index is 14.1. The van der Waals surface area contributed by atoms with Crippen LogP contribution in [0.5, 0.6) is 0 Å². The van der Waals surface area contributed by atoms with Gasteiger partial charge in [0, 0.05) is 31.3 Å². The molecule has 4 nitrogen and oxygen atoms in total. The molecule has 2 aromatic rings. The number of rotatable bonds is 2. The van der Waals surface area contributed by atoms with E-state index in [1.54, 1.807) is 17.0 Å². The van der Waals surface area contributed by atoms with Crippen LogP contribution in [0.3, 0.4) is 0 Å². The fourth-order valence-corrected chi connectivity index (χ4v) is 2.99. The summed E-state index contributed by atoms with van der Waals surface area (Å²) in [7, 11) is 0. The number of halogens is 2. The van der Waals surface area contributed by atoms with Crippen LogP contribution in [0.1, 0.15) is 30.5 Å². The highest BCUT2D eigenvalue weighted by Gasteiger charge is 2.27. The van der Waals surface area contributed by atoms with Gasteiger partial charge in [0.15, 0.2) is 0 Å². The molecule has 124 valence electrons. The van der Waals surface area contributed by atoms with Gasteiger partial charge in [0.25, 0.3) is 0 Å². The molecule has 1 N–H and O–H groups in total. The fourth-order valence-electron chi connectivity index (χ4n) is 2.99. The number of pyridine rings is 1. The van der Waals surface area contributed by atoms with Crippen molar-refractivity contribution in [2.24, 2.45) is 0 Å². The minimum atomic E-state index is -0.519. The third kappa shape index (κ3) is 3.13. The van der Waals surface area contributed by atoms with E-state index in [0.717, 1.165) is 18.2 Å². The van der Waals surface area contributed by atoms with E-state index in [1.165, 1.54) is 19.2 Å². The van der Waals surface area contributed by atoms with Gasteiger partial charge in [0.05, 0.1) is 6.04 Å². The number of benzene rings is 1. The van der Waals surface area contributed by atoms with Crippen LogP contribution in [-0.2, 0) is 4.79 Å². The molecule has 1 unspecified atom stereocenters. The lowest BCUT2D eigenvalue weighted by Crippen LogP contribution is -2.36. The quantitative estimate of drug-likeness (QED) is 0.920. The van der Waals surface area contributed by atoms with Crippen molar-refractivity contribution in [3.63, 3.8) is 0 Å². The Bertz CT molecular complexity index is 873. The van der Waals surface area contributed by atoms with Crippen LogP contribution < -0.4 is 5.56 Å². The highest BCUT2D eigenvalue weighted by molar-refractivity contribution is 5.77. The van der Waals surface area contributed by atoms with Crippen molar-refractivity contribution in [1.82, 2.24) is 9.88 Å². The fraction of sp³-hybridized carbons (Fsp3) is 0.222. The minimum absolute atomic E-state index is 0.143. The molecule has 0 saturated carbocycles. The number of aromatic amines is 1. The maximum Gasteiger partial charge on any atom is 0.248 e. The van der Waals surface area contributed by atoms with Crippen LogP contribution in [-0.4, -0.2) is 22.3 Å². The Morgan fingerprint density at radius 3 is 2.75 bits per heavy atom. The summed E-state index contributed by atoms with van der Waals surface area (Å²) in [4.78, 5) is 27.6. The number of nitrogens with one attached hydrogen (secondary N) is 1. The summed E-state index contributed by atoms with van der Waals surface area (Å²) in [6.45, 7) is 1.82. The zero-order chi connectivity index (χ0) is 17.3. The monoisotopic (exact) mass is 330 g/mol. The van der Waals surface area contributed by atoms with Gasteiger partial charge in [0.2, 0.25) is 11.5 Å². The number of hydrogen-bond acceptors (Lipinski definition) is 2. The van der Waals surface area contributed by atoms with Crippen molar-refractivity contribution in [1.29, 1.82) is 0 Å². The smallest absolute Gasteiger partial charge is 0.248 e. The summed E-state index contributed by atoms with van der Waals surface area (Å²) in [5.41, 5.74) is 1.15. The second-order valence-electron chi connectivity index (χ2n) is 5.71. The van der Waals surface area contributed by atoms with E-state index in [-0.39, 0.29) is 17.0 Å². The van der Waals surface area contributed by atoms with Crippen LogP contribution in [0.2, 0.25) is 0 Å². The zero-order valence-electron chi connectivity index (χ0n) is 13.1. The van der Waals surface area contributed by atoms with Crippen LogP contribution in [0.4, 0.5) is 8.78 Å². The summed E-state index contributed by atoms with van der Waals surface area (Å²) in [6.07, 6.45) is 3.64. The van der Waals surface area contributed by atoms with E-state index in [1.807, 2.05) is 0 Å². The first-order valence-electron chi connectivity index (χ1n) is 7.57. The van der Waals surface area contributed by atoms with E-state index in [0.29, 0.717) is 24.1 Å². The SMILES string of the molecule is CC(=O)N1CCC(c2cc(F)ccc2F)=CC1c1cc[nH]c(=O)c1. The number of nitrogens with zero attached hydrogens (tertiary/aromatic N) is 1. The van der Waals surface area contributed by atoms with Gasteiger partial charge in [-0.05, 0) is 41.8 Å². The van der Waals surface area contributed by atoms with Crippen molar-refractivity contribution in [2.75, 3.05) is 6.54 Å². The van der Waals surface area contributed by atoms with Crippen LogP contribution in [0.25, 0.3) is 5.57 Å². The summed E-state index contributed by atoms with van der Waals surface area (Å²) in [5.74, 6) is -1.17. The van der Waals surface area contributed by atoms with Crippen LogP contribution in [0.15, 0.2) is 47.4 Å². The predicted molar refractivity (Wildman–Crippen MR) is 86.1 cm³/mol. The molecule has 24 heavy (non-hydrogen) atoms. The van der Waals surface area contributed by atoms with Gasteiger partial charge in [0.1, 0.15) is 11.6 Å². The third-order valence-corrected chi connectivity index (χ3v) is 4.14. The van der Waals surface area contributed by atoms with E-state index in [4.69, 9.17) is 0 Å². The largest absolute Gasteiger partial charge is 0.332 e. The molecular weight excluding hydrogens is 314 g/mol. The number of H-pyrrole nitrogens is 1.